The number of nitro groups is 1. The number of amides is 1. The molecule has 0 radical (unpaired) electrons. The predicted molar refractivity (Wildman–Crippen MR) is 58.4 cm³/mol. The molecule has 1 amide bonds. The van der Waals surface area contributed by atoms with Gasteiger partial charge in [-0.05, 0) is 24.9 Å². The topological polar surface area (TPSA) is 103 Å². The molecule has 0 bridgehead atoms. The smallest absolute Gasteiger partial charge is 0.395 e. The number of carbonyl (C=O) groups excluding carboxylic acids is 1. The highest BCUT2D eigenvalue weighted by molar-refractivity contribution is 5.91. The van der Waals surface area contributed by atoms with Gasteiger partial charge in [0.1, 0.15) is 4.92 Å². The van der Waals surface area contributed by atoms with Crippen LogP contribution in [0.15, 0.2) is 16.5 Å². The van der Waals surface area contributed by atoms with Crippen LogP contribution in [-0.2, 0) is 0 Å². The average Bonchev–Trinajstić information content (AvgIpc) is 2.97. The summed E-state index contributed by atoms with van der Waals surface area (Å²) in [5.41, 5.74) is 5.53. The number of hydrogen-bond donors (Lipinski definition) is 1. The molecule has 1 atom stereocenters. The lowest BCUT2D eigenvalue weighted by Gasteiger charge is -2.13. The standard InChI is InChI=1S/C10H13N3O4/c11-5-7-3-4-12(6-7)10(14)8-1-2-9(17-8)13(15)16/h1-2,7H,3-6,11H2. The summed E-state index contributed by atoms with van der Waals surface area (Å²) in [4.78, 5) is 23.3. The Hall–Kier alpha value is -1.89. The number of nitrogens with two attached hydrogens (primary N) is 1. The maximum atomic E-state index is 11.9. The molecule has 1 aliphatic rings. The SMILES string of the molecule is NCC1CCN(C(=O)c2ccc([N+](=O)[O-])o2)C1. The first-order valence-electron chi connectivity index (χ1n) is 5.35. The van der Waals surface area contributed by atoms with E-state index in [1.807, 2.05) is 0 Å². The summed E-state index contributed by atoms with van der Waals surface area (Å²) in [6, 6.07) is 2.51. The van der Waals surface area contributed by atoms with Crippen molar-refractivity contribution in [2.24, 2.45) is 11.7 Å². The molecule has 7 nitrogen and oxygen atoms in total. The van der Waals surface area contributed by atoms with Crippen molar-refractivity contribution >= 4 is 11.8 Å². The second kappa shape index (κ2) is 4.54. The van der Waals surface area contributed by atoms with Gasteiger partial charge in [-0.2, -0.15) is 0 Å². The molecule has 1 unspecified atom stereocenters. The van der Waals surface area contributed by atoms with E-state index in [4.69, 9.17) is 10.2 Å². The van der Waals surface area contributed by atoms with Gasteiger partial charge in [0.05, 0.1) is 6.07 Å². The molecule has 2 rings (SSSR count). The van der Waals surface area contributed by atoms with Crippen molar-refractivity contribution in [1.29, 1.82) is 0 Å². The zero-order valence-electron chi connectivity index (χ0n) is 9.17. The molecule has 0 aliphatic carbocycles. The van der Waals surface area contributed by atoms with E-state index in [1.165, 1.54) is 12.1 Å². The van der Waals surface area contributed by atoms with Crippen LogP contribution in [0.5, 0.6) is 0 Å². The molecular weight excluding hydrogens is 226 g/mol. The zero-order valence-corrected chi connectivity index (χ0v) is 9.17. The monoisotopic (exact) mass is 239 g/mol. The van der Waals surface area contributed by atoms with Crippen molar-refractivity contribution in [3.8, 4) is 0 Å². The number of likely N-dealkylation sites (tertiary alicyclic amines) is 1. The lowest BCUT2D eigenvalue weighted by atomic mass is 10.1. The minimum absolute atomic E-state index is 0.00868. The van der Waals surface area contributed by atoms with E-state index in [1.54, 1.807) is 4.90 Å². The Morgan fingerprint density at radius 3 is 2.94 bits per heavy atom. The highest BCUT2D eigenvalue weighted by Gasteiger charge is 2.28. The van der Waals surface area contributed by atoms with E-state index in [2.05, 4.69) is 0 Å². The molecule has 1 saturated heterocycles. The molecule has 2 heterocycles. The van der Waals surface area contributed by atoms with Gasteiger partial charge >= 0.3 is 5.88 Å². The van der Waals surface area contributed by atoms with Crippen LogP contribution < -0.4 is 5.73 Å². The molecule has 1 aromatic rings. The summed E-state index contributed by atoms with van der Waals surface area (Å²) < 4.78 is 4.87. The molecule has 17 heavy (non-hydrogen) atoms. The van der Waals surface area contributed by atoms with E-state index in [0.29, 0.717) is 25.6 Å². The van der Waals surface area contributed by atoms with Gasteiger partial charge in [0, 0.05) is 13.1 Å². The van der Waals surface area contributed by atoms with E-state index in [9.17, 15) is 14.9 Å². The van der Waals surface area contributed by atoms with Gasteiger partial charge in [0.2, 0.25) is 0 Å². The van der Waals surface area contributed by atoms with Gasteiger partial charge in [-0.15, -0.1) is 0 Å². The highest BCUT2D eigenvalue weighted by Crippen LogP contribution is 2.21. The molecule has 1 aliphatic heterocycles. The average molecular weight is 239 g/mol. The van der Waals surface area contributed by atoms with Crippen LogP contribution in [-0.4, -0.2) is 35.4 Å². The Labute approximate surface area is 97.3 Å². The van der Waals surface area contributed by atoms with E-state index < -0.39 is 10.8 Å². The molecule has 1 fully saturated rings. The normalized spacial score (nSPS) is 19.6. The largest absolute Gasteiger partial charge is 0.433 e. The second-order valence-electron chi connectivity index (χ2n) is 4.04. The van der Waals surface area contributed by atoms with Gasteiger partial charge in [0.15, 0.2) is 5.76 Å². The fraction of sp³-hybridized carbons (Fsp3) is 0.500. The maximum absolute atomic E-state index is 11.9. The van der Waals surface area contributed by atoms with Crippen LogP contribution in [0.2, 0.25) is 0 Å². The summed E-state index contributed by atoms with van der Waals surface area (Å²) in [5, 5.41) is 10.4. The number of nitrogens with zero attached hydrogens (tertiary/aromatic N) is 2. The Kier molecular flexibility index (Phi) is 3.10. The van der Waals surface area contributed by atoms with Crippen molar-refractivity contribution in [3.05, 3.63) is 28.0 Å². The van der Waals surface area contributed by atoms with Crippen LogP contribution in [0.4, 0.5) is 5.88 Å². The summed E-state index contributed by atoms with van der Waals surface area (Å²) >= 11 is 0. The van der Waals surface area contributed by atoms with Crippen LogP contribution in [0, 0.1) is 16.0 Å². The molecule has 7 heteroatoms. The molecule has 1 aromatic heterocycles. The van der Waals surface area contributed by atoms with Crippen LogP contribution >= 0.6 is 0 Å². The van der Waals surface area contributed by atoms with E-state index in [-0.39, 0.29) is 11.7 Å². The van der Waals surface area contributed by atoms with Crippen molar-refractivity contribution in [2.45, 2.75) is 6.42 Å². The van der Waals surface area contributed by atoms with Gasteiger partial charge in [-0.25, -0.2) is 0 Å². The van der Waals surface area contributed by atoms with Crippen LogP contribution in [0.1, 0.15) is 17.0 Å². The first-order valence-corrected chi connectivity index (χ1v) is 5.35. The fourth-order valence-electron chi connectivity index (χ4n) is 1.91. The summed E-state index contributed by atoms with van der Waals surface area (Å²) in [6.07, 6.45) is 0.866. The first kappa shape index (κ1) is 11.6. The molecule has 0 saturated carbocycles. The van der Waals surface area contributed by atoms with Gasteiger partial charge < -0.3 is 15.1 Å². The van der Waals surface area contributed by atoms with Gasteiger partial charge in [-0.3, -0.25) is 14.9 Å². The fourth-order valence-corrected chi connectivity index (χ4v) is 1.91. The lowest BCUT2D eigenvalue weighted by molar-refractivity contribution is -0.402. The Bertz CT molecular complexity index is 443. The molecule has 92 valence electrons. The Morgan fingerprint density at radius 1 is 1.65 bits per heavy atom. The Morgan fingerprint density at radius 2 is 2.41 bits per heavy atom. The molecule has 0 spiro atoms. The van der Waals surface area contributed by atoms with Crippen molar-refractivity contribution in [1.82, 2.24) is 4.90 Å². The third-order valence-corrected chi connectivity index (χ3v) is 2.89. The van der Waals surface area contributed by atoms with Crippen molar-refractivity contribution in [3.63, 3.8) is 0 Å². The third-order valence-electron chi connectivity index (χ3n) is 2.89. The molecule has 2 N–H and O–H groups in total. The quantitative estimate of drug-likeness (QED) is 0.614. The van der Waals surface area contributed by atoms with Gasteiger partial charge in [-0.1, -0.05) is 0 Å². The minimum atomic E-state index is -0.663. The van der Waals surface area contributed by atoms with E-state index in [0.717, 1.165) is 6.42 Å². The number of rotatable bonds is 3. The minimum Gasteiger partial charge on any atom is -0.395 e. The zero-order chi connectivity index (χ0) is 12.4. The number of furan rings is 1. The van der Waals surface area contributed by atoms with Gasteiger partial charge in [0.25, 0.3) is 5.91 Å². The van der Waals surface area contributed by atoms with Crippen LogP contribution in [0.3, 0.4) is 0 Å². The molecular formula is C10H13N3O4. The Balaban J connectivity index is 2.07. The summed E-state index contributed by atoms with van der Waals surface area (Å²) in [6.45, 7) is 1.75. The van der Waals surface area contributed by atoms with Crippen molar-refractivity contribution < 1.29 is 14.1 Å². The maximum Gasteiger partial charge on any atom is 0.433 e. The third kappa shape index (κ3) is 2.28. The number of hydrogen-bond acceptors (Lipinski definition) is 5. The molecule has 0 aromatic carbocycles. The number of carbonyl (C=O) groups is 1. The lowest BCUT2D eigenvalue weighted by Crippen LogP contribution is -2.29. The van der Waals surface area contributed by atoms with E-state index >= 15 is 0 Å². The van der Waals surface area contributed by atoms with Crippen LogP contribution in [0.25, 0.3) is 0 Å². The second-order valence-corrected chi connectivity index (χ2v) is 4.04. The predicted octanol–water partition coefficient (Wildman–Crippen LogP) is 0.609. The summed E-state index contributed by atoms with van der Waals surface area (Å²) in [5.74, 6) is -0.407. The van der Waals surface area contributed by atoms with Crippen molar-refractivity contribution in [2.75, 3.05) is 19.6 Å². The first-order chi connectivity index (χ1) is 8.11. The summed E-state index contributed by atoms with van der Waals surface area (Å²) in [7, 11) is 0. The highest BCUT2D eigenvalue weighted by atomic mass is 16.6.